The summed E-state index contributed by atoms with van der Waals surface area (Å²) in [7, 11) is 0. The highest BCUT2D eigenvalue weighted by Crippen LogP contribution is 2.29. The summed E-state index contributed by atoms with van der Waals surface area (Å²) in [6.45, 7) is 0. The van der Waals surface area contributed by atoms with Crippen LogP contribution >= 0.6 is 11.3 Å². The van der Waals surface area contributed by atoms with Gasteiger partial charge in [-0.2, -0.15) is 0 Å². The van der Waals surface area contributed by atoms with E-state index < -0.39 is 0 Å². The molecule has 0 saturated heterocycles. The molecule has 0 aliphatic heterocycles. The van der Waals surface area contributed by atoms with Crippen molar-refractivity contribution in [3.8, 4) is 5.75 Å². The van der Waals surface area contributed by atoms with Gasteiger partial charge in [0, 0.05) is 29.3 Å². The maximum absolute atomic E-state index is 12.1. The van der Waals surface area contributed by atoms with Gasteiger partial charge < -0.3 is 10.4 Å². The Kier molecular flexibility index (Phi) is 4.39. The fourth-order valence-electron chi connectivity index (χ4n) is 2.40. The third-order valence-electron chi connectivity index (χ3n) is 3.55. The number of benzene rings is 2. The summed E-state index contributed by atoms with van der Waals surface area (Å²) in [5, 5.41) is 16.0. The maximum Gasteiger partial charge on any atom is 0.224 e. The van der Waals surface area contributed by atoms with Gasteiger partial charge in [0.15, 0.2) is 5.78 Å². The van der Waals surface area contributed by atoms with E-state index in [1.807, 2.05) is 17.5 Å². The minimum atomic E-state index is -0.217. The Labute approximate surface area is 137 Å². The first-order chi connectivity index (χ1) is 11.1. The topological polar surface area (TPSA) is 66.4 Å². The molecular formula is C18H15NO3S. The third kappa shape index (κ3) is 3.40. The van der Waals surface area contributed by atoms with E-state index in [1.165, 1.54) is 11.3 Å². The van der Waals surface area contributed by atoms with Gasteiger partial charge in [0.1, 0.15) is 5.75 Å². The number of amides is 1. The summed E-state index contributed by atoms with van der Waals surface area (Å²) in [6, 6.07) is 14.1. The number of thiophene rings is 1. The summed E-state index contributed by atoms with van der Waals surface area (Å²) in [5.41, 5.74) is 0.631. The summed E-state index contributed by atoms with van der Waals surface area (Å²) in [6.07, 6.45) is 0.314. The molecule has 0 unspecified atom stereocenters. The molecule has 3 aromatic rings. The second-order valence-corrected chi connectivity index (χ2v) is 6.07. The van der Waals surface area contributed by atoms with Crippen molar-refractivity contribution in [2.24, 2.45) is 0 Å². The molecule has 23 heavy (non-hydrogen) atoms. The van der Waals surface area contributed by atoms with Crippen molar-refractivity contribution in [3.05, 3.63) is 58.8 Å². The number of aromatic hydroxyl groups is 1. The number of carbonyl (C=O) groups excluding carboxylic acids is 2. The maximum atomic E-state index is 12.1. The number of ketones is 1. The van der Waals surface area contributed by atoms with Gasteiger partial charge in [-0.05, 0) is 23.6 Å². The second kappa shape index (κ2) is 6.62. The van der Waals surface area contributed by atoms with E-state index in [0.29, 0.717) is 16.0 Å². The van der Waals surface area contributed by atoms with Crippen LogP contribution in [0.2, 0.25) is 0 Å². The Hall–Kier alpha value is -2.66. The molecule has 1 amide bonds. The molecule has 0 radical (unpaired) electrons. The van der Waals surface area contributed by atoms with Gasteiger partial charge in [-0.15, -0.1) is 11.3 Å². The van der Waals surface area contributed by atoms with Crippen molar-refractivity contribution in [3.63, 3.8) is 0 Å². The molecule has 1 heterocycles. The van der Waals surface area contributed by atoms with Crippen molar-refractivity contribution in [1.29, 1.82) is 0 Å². The van der Waals surface area contributed by atoms with Gasteiger partial charge in [0.2, 0.25) is 5.91 Å². The van der Waals surface area contributed by atoms with E-state index in [1.54, 1.807) is 36.4 Å². The molecule has 2 N–H and O–H groups in total. The normalized spacial score (nSPS) is 10.6. The van der Waals surface area contributed by atoms with Gasteiger partial charge in [0.25, 0.3) is 0 Å². The Morgan fingerprint density at radius 1 is 0.957 bits per heavy atom. The van der Waals surface area contributed by atoms with Crippen molar-refractivity contribution in [1.82, 2.24) is 0 Å². The van der Waals surface area contributed by atoms with Gasteiger partial charge in [0.05, 0.1) is 4.88 Å². The number of phenolic OH excluding ortho intramolecular Hbond substituents is 1. The van der Waals surface area contributed by atoms with Crippen LogP contribution in [0.3, 0.4) is 0 Å². The molecule has 1 aromatic heterocycles. The highest BCUT2D eigenvalue weighted by Gasteiger charge is 2.11. The average Bonchev–Trinajstić information content (AvgIpc) is 3.08. The molecule has 4 nitrogen and oxygen atoms in total. The van der Waals surface area contributed by atoms with Gasteiger partial charge >= 0.3 is 0 Å². The highest BCUT2D eigenvalue weighted by molar-refractivity contribution is 7.12. The van der Waals surface area contributed by atoms with Gasteiger partial charge in [-0.3, -0.25) is 9.59 Å². The molecule has 0 fully saturated rings. The van der Waals surface area contributed by atoms with Crippen LogP contribution in [-0.4, -0.2) is 16.8 Å². The summed E-state index contributed by atoms with van der Waals surface area (Å²) in [5.74, 6) is -0.0667. The van der Waals surface area contributed by atoms with Crippen LogP contribution in [0.15, 0.2) is 53.9 Å². The predicted octanol–water partition coefficient (Wildman–Crippen LogP) is 4.21. The largest absolute Gasteiger partial charge is 0.507 e. The second-order valence-electron chi connectivity index (χ2n) is 5.13. The Bertz CT molecular complexity index is 856. The predicted molar refractivity (Wildman–Crippen MR) is 92.1 cm³/mol. The summed E-state index contributed by atoms with van der Waals surface area (Å²) >= 11 is 1.38. The Morgan fingerprint density at radius 2 is 1.74 bits per heavy atom. The van der Waals surface area contributed by atoms with E-state index in [-0.39, 0.29) is 30.3 Å². The van der Waals surface area contributed by atoms with Crippen molar-refractivity contribution >= 4 is 39.5 Å². The quantitative estimate of drug-likeness (QED) is 0.691. The number of hydrogen-bond donors (Lipinski definition) is 2. The average molecular weight is 325 g/mol. The first-order valence-electron chi connectivity index (χ1n) is 7.22. The van der Waals surface area contributed by atoms with Gasteiger partial charge in [-0.25, -0.2) is 0 Å². The Morgan fingerprint density at radius 3 is 2.52 bits per heavy atom. The van der Waals surface area contributed by atoms with E-state index >= 15 is 0 Å². The lowest BCUT2D eigenvalue weighted by Crippen LogP contribution is -2.13. The third-order valence-corrected chi connectivity index (χ3v) is 4.46. The fourth-order valence-corrected chi connectivity index (χ4v) is 3.10. The van der Waals surface area contributed by atoms with Crippen LogP contribution in [-0.2, 0) is 4.79 Å². The fraction of sp³-hybridized carbons (Fsp3) is 0.111. The van der Waals surface area contributed by atoms with Crippen LogP contribution in [0.25, 0.3) is 10.8 Å². The standard InChI is InChI=1S/C18H15NO3S/c20-15-7-2-4-12-13(15)5-1-6-14(12)19-18(22)10-9-16(21)17-8-3-11-23-17/h1-8,11,20H,9-10H2,(H,19,22). The molecule has 0 aliphatic rings. The molecule has 116 valence electrons. The minimum absolute atomic E-state index is 0.0225. The molecule has 5 heteroatoms. The lowest BCUT2D eigenvalue weighted by atomic mass is 10.1. The zero-order valence-electron chi connectivity index (χ0n) is 12.3. The zero-order chi connectivity index (χ0) is 16.2. The monoisotopic (exact) mass is 325 g/mol. The number of fused-ring (bicyclic) bond motifs is 1. The zero-order valence-corrected chi connectivity index (χ0v) is 13.1. The number of Topliss-reactive ketones (excluding diaryl/α,β-unsaturated/α-hetero) is 1. The SMILES string of the molecule is O=C(CCC(=O)c1cccs1)Nc1cccc2c(O)cccc12. The smallest absolute Gasteiger partial charge is 0.224 e. The first kappa shape index (κ1) is 15.2. The van der Waals surface area contributed by atoms with E-state index in [2.05, 4.69) is 5.32 Å². The van der Waals surface area contributed by atoms with Crippen LogP contribution in [0.5, 0.6) is 5.75 Å². The highest BCUT2D eigenvalue weighted by atomic mass is 32.1. The summed E-state index contributed by atoms with van der Waals surface area (Å²) < 4.78 is 0. The van der Waals surface area contributed by atoms with E-state index in [4.69, 9.17) is 0 Å². The lowest BCUT2D eigenvalue weighted by Gasteiger charge is -2.09. The molecule has 0 atom stereocenters. The number of nitrogens with one attached hydrogen (secondary N) is 1. The lowest BCUT2D eigenvalue weighted by molar-refractivity contribution is -0.116. The summed E-state index contributed by atoms with van der Waals surface area (Å²) in [4.78, 5) is 24.7. The molecule has 0 spiro atoms. The van der Waals surface area contributed by atoms with Crippen LogP contribution in [0, 0.1) is 0 Å². The van der Waals surface area contributed by atoms with Gasteiger partial charge in [-0.1, -0.05) is 30.3 Å². The molecule has 0 bridgehead atoms. The molecule has 2 aromatic carbocycles. The number of hydrogen-bond acceptors (Lipinski definition) is 4. The van der Waals surface area contributed by atoms with Crippen LogP contribution in [0.1, 0.15) is 22.5 Å². The first-order valence-corrected chi connectivity index (χ1v) is 8.10. The molecule has 0 saturated carbocycles. The number of anilines is 1. The number of rotatable bonds is 5. The minimum Gasteiger partial charge on any atom is -0.507 e. The van der Waals surface area contributed by atoms with E-state index in [0.717, 1.165) is 5.39 Å². The van der Waals surface area contributed by atoms with Crippen molar-refractivity contribution in [2.45, 2.75) is 12.8 Å². The van der Waals surface area contributed by atoms with Crippen molar-refractivity contribution < 1.29 is 14.7 Å². The number of carbonyl (C=O) groups is 2. The molecular weight excluding hydrogens is 310 g/mol. The van der Waals surface area contributed by atoms with Crippen LogP contribution in [0.4, 0.5) is 5.69 Å². The van der Waals surface area contributed by atoms with Crippen molar-refractivity contribution in [2.75, 3.05) is 5.32 Å². The molecule has 0 aliphatic carbocycles. The molecule has 3 rings (SSSR count). The van der Waals surface area contributed by atoms with Crippen LogP contribution < -0.4 is 5.32 Å². The number of phenols is 1. The van der Waals surface area contributed by atoms with E-state index in [9.17, 15) is 14.7 Å². The Balaban J connectivity index is 1.69.